The van der Waals surface area contributed by atoms with E-state index in [1.807, 2.05) is 0 Å². The Morgan fingerprint density at radius 1 is 1.41 bits per heavy atom. The average molecular weight is 242 g/mol. The van der Waals surface area contributed by atoms with Crippen molar-refractivity contribution in [2.24, 2.45) is 11.8 Å². The van der Waals surface area contributed by atoms with Crippen LogP contribution in [0.15, 0.2) is 0 Å². The van der Waals surface area contributed by atoms with Crippen molar-refractivity contribution < 1.29 is 9.47 Å². The molecular formula is C13H26N2O2. The third kappa shape index (κ3) is 3.91. The largest absolute Gasteiger partial charge is 0.378 e. The molecule has 4 heteroatoms. The molecule has 0 aromatic carbocycles. The number of nitrogens with two attached hydrogens (primary N) is 1. The summed E-state index contributed by atoms with van der Waals surface area (Å²) >= 11 is 0. The average Bonchev–Trinajstić information content (AvgIpc) is 3.05. The van der Waals surface area contributed by atoms with Gasteiger partial charge >= 0.3 is 0 Å². The number of hydrazine groups is 1. The maximum Gasteiger partial charge on any atom is 0.0769 e. The molecule has 100 valence electrons. The summed E-state index contributed by atoms with van der Waals surface area (Å²) in [5, 5.41) is 0. The van der Waals surface area contributed by atoms with Gasteiger partial charge in [0.05, 0.1) is 12.2 Å². The third-order valence-corrected chi connectivity index (χ3v) is 3.88. The quantitative estimate of drug-likeness (QED) is 0.501. The molecule has 2 fully saturated rings. The molecule has 1 saturated carbocycles. The molecule has 1 aliphatic heterocycles. The molecule has 1 heterocycles. The van der Waals surface area contributed by atoms with Gasteiger partial charge < -0.3 is 9.47 Å². The first kappa shape index (κ1) is 13.3. The third-order valence-electron chi connectivity index (χ3n) is 3.88. The Balaban J connectivity index is 1.76. The van der Waals surface area contributed by atoms with Crippen LogP contribution >= 0.6 is 0 Å². The molecule has 0 radical (unpaired) electrons. The lowest BCUT2D eigenvalue weighted by Gasteiger charge is -2.27. The van der Waals surface area contributed by atoms with E-state index < -0.39 is 0 Å². The molecule has 1 aliphatic carbocycles. The van der Waals surface area contributed by atoms with Gasteiger partial charge in [-0.25, -0.2) is 0 Å². The van der Waals surface area contributed by atoms with Gasteiger partial charge in [0.15, 0.2) is 0 Å². The summed E-state index contributed by atoms with van der Waals surface area (Å²) in [6.45, 7) is 3.77. The lowest BCUT2D eigenvalue weighted by atomic mass is 9.99. The number of hydrogen-bond donors (Lipinski definition) is 2. The highest BCUT2D eigenvalue weighted by Gasteiger charge is 2.37. The second-order valence-electron chi connectivity index (χ2n) is 5.24. The Kier molecular flexibility index (Phi) is 5.22. The normalized spacial score (nSPS) is 28.2. The zero-order chi connectivity index (χ0) is 12.1. The van der Waals surface area contributed by atoms with Crippen LogP contribution in [-0.4, -0.2) is 31.5 Å². The number of hydrogen-bond acceptors (Lipinski definition) is 4. The monoisotopic (exact) mass is 242 g/mol. The van der Waals surface area contributed by atoms with Crippen molar-refractivity contribution >= 4 is 0 Å². The van der Waals surface area contributed by atoms with Crippen LogP contribution in [-0.2, 0) is 9.47 Å². The van der Waals surface area contributed by atoms with Crippen molar-refractivity contribution in [1.82, 2.24) is 5.43 Å². The maximum atomic E-state index is 5.85. The van der Waals surface area contributed by atoms with Crippen molar-refractivity contribution in [2.75, 3.05) is 13.2 Å². The molecule has 2 rings (SSSR count). The Hall–Kier alpha value is -0.160. The Morgan fingerprint density at radius 2 is 2.24 bits per heavy atom. The topological polar surface area (TPSA) is 56.5 Å². The van der Waals surface area contributed by atoms with Gasteiger partial charge in [0.2, 0.25) is 0 Å². The predicted octanol–water partition coefficient (Wildman–Crippen LogP) is 1.59. The lowest BCUT2D eigenvalue weighted by Crippen LogP contribution is -2.46. The van der Waals surface area contributed by atoms with E-state index in [1.165, 1.54) is 25.7 Å². The van der Waals surface area contributed by atoms with E-state index in [1.54, 1.807) is 0 Å². The van der Waals surface area contributed by atoms with Gasteiger partial charge in [-0.15, -0.1) is 0 Å². The fourth-order valence-corrected chi connectivity index (χ4v) is 2.78. The minimum Gasteiger partial charge on any atom is -0.378 e. The van der Waals surface area contributed by atoms with Crippen LogP contribution in [0.3, 0.4) is 0 Å². The van der Waals surface area contributed by atoms with E-state index in [0.717, 1.165) is 32.0 Å². The first-order valence-corrected chi connectivity index (χ1v) is 7.04. The van der Waals surface area contributed by atoms with E-state index in [0.29, 0.717) is 12.2 Å². The highest BCUT2D eigenvalue weighted by Crippen LogP contribution is 2.36. The van der Waals surface area contributed by atoms with Gasteiger partial charge in [-0.2, -0.15) is 0 Å². The van der Waals surface area contributed by atoms with Crippen LogP contribution in [0.2, 0.25) is 0 Å². The summed E-state index contributed by atoms with van der Waals surface area (Å²) < 4.78 is 11.5. The Bertz CT molecular complexity index is 215. The van der Waals surface area contributed by atoms with Crippen molar-refractivity contribution in [1.29, 1.82) is 0 Å². The summed E-state index contributed by atoms with van der Waals surface area (Å²) in [6.07, 6.45) is 7.92. The SMILES string of the molecule is CCOC(C1CC1)C(CCC1CCCO1)NN. The summed E-state index contributed by atoms with van der Waals surface area (Å²) in [4.78, 5) is 0. The van der Waals surface area contributed by atoms with Crippen LogP contribution in [0.25, 0.3) is 0 Å². The van der Waals surface area contributed by atoms with E-state index in [-0.39, 0.29) is 6.04 Å². The van der Waals surface area contributed by atoms with Gasteiger partial charge in [-0.3, -0.25) is 11.3 Å². The number of nitrogens with one attached hydrogen (secondary N) is 1. The van der Waals surface area contributed by atoms with Gasteiger partial charge in [0, 0.05) is 19.3 Å². The van der Waals surface area contributed by atoms with Crippen LogP contribution in [0, 0.1) is 5.92 Å². The summed E-state index contributed by atoms with van der Waals surface area (Å²) in [5.74, 6) is 6.41. The molecule has 0 aromatic rings. The molecule has 0 amide bonds. The first-order valence-electron chi connectivity index (χ1n) is 7.04. The van der Waals surface area contributed by atoms with Crippen LogP contribution < -0.4 is 11.3 Å². The van der Waals surface area contributed by atoms with Crippen LogP contribution in [0.4, 0.5) is 0 Å². The standard InChI is InChI=1S/C13H26N2O2/c1-2-16-13(10-5-6-10)12(15-14)8-7-11-4-3-9-17-11/h10-13,15H,2-9,14H2,1H3. The summed E-state index contributed by atoms with van der Waals surface area (Å²) in [5.41, 5.74) is 2.95. The lowest BCUT2D eigenvalue weighted by molar-refractivity contribution is 0.0115. The minimum atomic E-state index is 0.284. The molecule has 4 nitrogen and oxygen atoms in total. The van der Waals surface area contributed by atoms with Crippen molar-refractivity contribution in [3.63, 3.8) is 0 Å². The summed E-state index contributed by atoms with van der Waals surface area (Å²) in [7, 11) is 0. The highest BCUT2D eigenvalue weighted by molar-refractivity contribution is 4.90. The fourth-order valence-electron chi connectivity index (χ4n) is 2.78. The molecule has 2 aliphatic rings. The Labute approximate surface area is 104 Å². The predicted molar refractivity (Wildman–Crippen MR) is 67.5 cm³/mol. The second kappa shape index (κ2) is 6.69. The zero-order valence-electron chi connectivity index (χ0n) is 10.9. The van der Waals surface area contributed by atoms with Crippen molar-refractivity contribution in [3.05, 3.63) is 0 Å². The van der Waals surface area contributed by atoms with Gasteiger partial charge in [-0.05, 0) is 51.4 Å². The molecule has 3 N–H and O–H groups in total. The molecule has 0 spiro atoms. The summed E-state index contributed by atoms with van der Waals surface area (Å²) in [6, 6.07) is 0.284. The minimum absolute atomic E-state index is 0.284. The maximum absolute atomic E-state index is 5.85. The van der Waals surface area contributed by atoms with Gasteiger partial charge in [0.1, 0.15) is 0 Å². The number of ether oxygens (including phenoxy) is 2. The first-order chi connectivity index (χ1) is 8.35. The molecular weight excluding hydrogens is 216 g/mol. The molecule has 3 atom stereocenters. The molecule has 3 unspecified atom stereocenters. The Morgan fingerprint density at radius 3 is 2.76 bits per heavy atom. The zero-order valence-corrected chi connectivity index (χ0v) is 10.9. The smallest absolute Gasteiger partial charge is 0.0769 e. The van der Waals surface area contributed by atoms with Crippen LogP contribution in [0.5, 0.6) is 0 Å². The fraction of sp³-hybridized carbons (Fsp3) is 1.00. The molecule has 1 saturated heterocycles. The number of rotatable bonds is 8. The molecule has 0 bridgehead atoms. The van der Waals surface area contributed by atoms with Crippen LogP contribution in [0.1, 0.15) is 45.4 Å². The highest BCUT2D eigenvalue weighted by atomic mass is 16.5. The second-order valence-corrected chi connectivity index (χ2v) is 5.24. The van der Waals surface area contributed by atoms with Gasteiger partial charge in [0.25, 0.3) is 0 Å². The molecule has 17 heavy (non-hydrogen) atoms. The van der Waals surface area contributed by atoms with Gasteiger partial charge in [-0.1, -0.05) is 0 Å². The van der Waals surface area contributed by atoms with E-state index in [2.05, 4.69) is 12.3 Å². The van der Waals surface area contributed by atoms with E-state index in [9.17, 15) is 0 Å². The molecule has 0 aromatic heterocycles. The van der Waals surface area contributed by atoms with Crippen molar-refractivity contribution in [2.45, 2.75) is 63.7 Å². The van der Waals surface area contributed by atoms with E-state index >= 15 is 0 Å². The van der Waals surface area contributed by atoms with Crippen molar-refractivity contribution in [3.8, 4) is 0 Å². The van der Waals surface area contributed by atoms with E-state index in [4.69, 9.17) is 15.3 Å².